The molecule has 1 aromatic rings. The molecule has 0 aliphatic carbocycles. The van der Waals surface area contributed by atoms with Gasteiger partial charge in [0.2, 0.25) is 0 Å². The summed E-state index contributed by atoms with van der Waals surface area (Å²) in [5, 5.41) is 10.5. The minimum atomic E-state index is -0.756. The molecule has 1 heterocycles. The van der Waals surface area contributed by atoms with Gasteiger partial charge in [0, 0.05) is 24.2 Å². The number of aliphatic hydroxyl groups excluding tert-OH is 1. The van der Waals surface area contributed by atoms with Crippen molar-refractivity contribution in [1.82, 2.24) is 5.06 Å². The second-order valence-electron chi connectivity index (χ2n) is 7.89. The van der Waals surface area contributed by atoms with Gasteiger partial charge in [-0.15, -0.1) is 5.92 Å². The van der Waals surface area contributed by atoms with Crippen molar-refractivity contribution in [2.24, 2.45) is 0 Å². The highest BCUT2D eigenvalue weighted by molar-refractivity contribution is 6.00. The monoisotopic (exact) mass is 357 g/mol. The normalized spacial score (nSPS) is 19.3. The fourth-order valence-electron chi connectivity index (χ4n) is 3.40. The van der Waals surface area contributed by atoms with Gasteiger partial charge in [0.25, 0.3) is 5.91 Å². The molecule has 4 heteroatoms. The maximum Gasteiger partial charge on any atom is 0.279 e. The molecule has 1 aliphatic heterocycles. The van der Waals surface area contributed by atoms with Gasteiger partial charge in [-0.3, -0.25) is 9.63 Å². The van der Waals surface area contributed by atoms with E-state index in [2.05, 4.69) is 45.6 Å². The molecule has 0 bridgehead atoms. The first-order valence-corrected chi connectivity index (χ1v) is 9.46. The van der Waals surface area contributed by atoms with Crippen LogP contribution < -0.4 is 0 Å². The Bertz CT molecular complexity index is 708. The lowest BCUT2D eigenvalue weighted by molar-refractivity contribution is -0.143. The lowest BCUT2D eigenvalue weighted by Crippen LogP contribution is -2.42. The van der Waals surface area contributed by atoms with E-state index in [4.69, 9.17) is 9.94 Å². The van der Waals surface area contributed by atoms with Crippen molar-refractivity contribution in [1.29, 1.82) is 0 Å². The molecule has 1 aliphatic rings. The lowest BCUT2D eigenvalue weighted by Gasteiger charge is -2.33. The van der Waals surface area contributed by atoms with E-state index < -0.39 is 5.54 Å². The zero-order chi connectivity index (χ0) is 19.4. The van der Waals surface area contributed by atoms with Crippen molar-refractivity contribution < 1.29 is 14.7 Å². The number of carbonyl (C=O) groups is 1. The number of hydroxylamine groups is 2. The van der Waals surface area contributed by atoms with Gasteiger partial charge in [0.05, 0.1) is 7.11 Å². The van der Waals surface area contributed by atoms with E-state index in [0.29, 0.717) is 18.4 Å². The Morgan fingerprint density at radius 2 is 2.00 bits per heavy atom. The summed E-state index contributed by atoms with van der Waals surface area (Å²) in [6.45, 7) is 8.75. The molecule has 2 rings (SSSR count). The highest BCUT2D eigenvalue weighted by Gasteiger charge is 2.49. The SMILES string of the molecule is CCCCC1(C#CCCCO)c2cc(C(C)(C)C)ccc2C(=O)N1OC. The Kier molecular flexibility index (Phi) is 6.49. The molecule has 1 aromatic carbocycles. The summed E-state index contributed by atoms with van der Waals surface area (Å²) in [4.78, 5) is 18.5. The number of hydrogen-bond donors (Lipinski definition) is 1. The molecule has 1 atom stereocenters. The molecule has 0 saturated heterocycles. The first kappa shape index (κ1) is 20.5. The quantitative estimate of drug-likeness (QED) is 0.614. The van der Waals surface area contributed by atoms with Crippen LogP contribution in [-0.2, 0) is 15.8 Å². The zero-order valence-electron chi connectivity index (χ0n) is 16.7. The van der Waals surface area contributed by atoms with Crippen molar-refractivity contribution in [3.05, 3.63) is 34.9 Å². The summed E-state index contributed by atoms with van der Waals surface area (Å²) >= 11 is 0. The number of rotatable bonds is 6. The van der Waals surface area contributed by atoms with Crippen molar-refractivity contribution in [3.63, 3.8) is 0 Å². The van der Waals surface area contributed by atoms with Crippen LogP contribution in [-0.4, -0.2) is 29.8 Å². The topological polar surface area (TPSA) is 49.8 Å². The van der Waals surface area contributed by atoms with Gasteiger partial charge >= 0.3 is 0 Å². The number of nitrogens with zero attached hydrogens (tertiary/aromatic N) is 1. The van der Waals surface area contributed by atoms with E-state index in [0.717, 1.165) is 24.8 Å². The van der Waals surface area contributed by atoms with Gasteiger partial charge in [-0.05, 0) is 36.3 Å². The Morgan fingerprint density at radius 1 is 1.27 bits per heavy atom. The van der Waals surface area contributed by atoms with Crippen molar-refractivity contribution >= 4 is 5.91 Å². The van der Waals surface area contributed by atoms with E-state index in [9.17, 15) is 4.79 Å². The third-order valence-electron chi connectivity index (χ3n) is 4.92. The largest absolute Gasteiger partial charge is 0.396 e. The van der Waals surface area contributed by atoms with Crippen LogP contribution in [0.5, 0.6) is 0 Å². The first-order valence-electron chi connectivity index (χ1n) is 9.46. The fraction of sp³-hybridized carbons (Fsp3) is 0.591. The minimum Gasteiger partial charge on any atom is -0.396 e. The lowest BCUT2D eigenvalue weighted by atomic mass is 9.80. The molecule has 142 valence electrons. The van der Waals surface area contributed by atoms with Gasteiger partial charge in [-0.2, -0.15) is 5.06 Å². The number of benzene rings is 1. The standard InChI is InChI=1S/C22H31NO3/c1-6-7-13-22(14-9-8-10-15-24)19-16-17(21(2,3)4)11-12-18(19)20(25)23(22)26-5/h11-12,16,24H,6-8,10,13,15H2,1-5H3. The summed E-state index contributed by atoms with van der Waals surface area (Å²) in [5.74, 6) is 6.40. The van der Waals surface area contributed by atoms with Crippen LogP contribution in [0.3, 0.4) is 0 Å². The Morgan fingerprint density at radius 3 is 2.58 bits per heavy atom. The molecule has 1 unspecified atom stereocenters. The van der Waals surface area contributed by atoms with Crippen molar-refractivity contribution in [3.8, 4) is 11.8 Å². The zero-order valence-corrected chi connectivity index (χ0v) is 16.7. The van der Waals surface area contributed by atoms with Crippen LogP contribution in [0.4, 0.5) is 0 Å². The number of aliphatic hydroxyl groups is 1. The average Bonchev–Trinajstić information content (AvgIpc) is 2.84. The number of fused-ring (bicyclic) bond motifs is 1. The van der Waals surface area contributed by atoms with E-state index in [1.165, 1.54) is 17.7 Å². The number of unbranched alkanes of at least 4 members (excludes halogenated alkanes) is 2. The van der Waals surface area contributed by atoms with E-state index in [1.807, 2.05) is 12.1 Å². The Labute approximate surface area is 157 Å². The maximum atomic E-state index is 12.9. The first-order chi connectivity index (χ1) is 12.3. The van der Waals surface area contributed by atoms with Gasteiger partial charge in [0.1, 0.15) is 0 Å². The smallest absolute Gasteiger partial charge is 0.279 e. The molecule has 0 saturated carbocycles. The predicted molar refractivity (Wildman–Crippen MR) is 104 cm³/mol. The third-order valence-corrected chi connectivity index (χ3v) is 4.92. The molecule has 0 radical (unpaired) electrons. The minimum absolute atomic E-state index is 0.0145. The molecular weight excluding hydrogens is 326 g/mol. The second-order valence-corrected chi connectivity index (χ2v) is 7.89. The molecule has 4 nitrogen and oxygen atoms in total. The summed E-state index contributed by atoms with van der Waals surface area (Å²) < 4.78 is 0. The van der Waals surface area contributed by atoms with E-state index >= 15 is 0 Å². The van der Waals surface area contributed by atoms with Crippen molar-refractivity contribution in [2.75, 3.05) is 13.7 Å². The van der Waals surface area contributed by atoms with Gasteiger partial charge in [-0.1, -0.05) is 52.2 Å². The van der Waals surface area contributed by atoms with Crippen LogP contribution in [0.2, 0.25) is 0 Å². The summed E-state index contributed by atoms with van der Waals surface area (Å²) in [6.07, 6.45) is 3.92. The van der Waals surface area contributed by atoms with Crippen LogP contribution >= 0.6 is 0 Å². The Hall–Kier alpha value is -1.83. The molecule has 1 amide bonds. The number of hydrogen-bond acceptors (Lipinski definition) is 3. The van der Waals surface area contributed by atoms with Crippen molar-refractivity contribution in [2.45, 2.75) is 70.8 Å². The average molecular weight is 357 g/mol. The van der Waals surface area contributed by atoms with Gasteiger partial charge in [0.15, 0.2) is 5.54 Å². The third kappa shape index (κ3) is 3.79. The maximum absolute atomic E-state index is 12.9. The van der Waals surface area contributed by atoms with Gasteiger partial charge in [-0.25, -0.2) is 0 Å². The predicted octanol–water partition coefficient (Wildman–Crippen LogP) is 4.16. The molecule has 0 spiro atoms. The molecule has 1 N–H and O–H groups in total. The number of carbonyl (C=O) groups excluding carboxylic acids is 1. The molecule has 26 heavy (non-hydrogen) atoms. The highest BCUT2D eigenvalue weighted by Crippen LogP contribution is 2.44. The summed E-state index contributed by atoms with van der Waals surface area (Å²) in [7, 11) is 1.53. The highest BCUT2D eigenvalue weighted by atomic mass is 16.7. The van der Waals surface area contributed by atoms with E-state index in [-0.39, 0.29) is 17.9 Å². The van der Waals surface area contributed by atoms with E-state index in [1.54, 1.807) is 0 Å². The van der Waals surface area contributed by atoms with Crippen LogP contribution in [0, 0.1) is 11.8 Å². The second kappa shape index (κ2) is 8.24. The summed E-state index contributed by atoms with van der Waals surface area (Å²) in [6, 6.07) is 6.07. The molecular formula is C22H31NO3. The fourth-order valence-corrected chi connectivity index (χ4v) is 3.40. The van der Waals surface area contributed by atoms with Gasteiger partial charge < -0.3 is 5.11 Å². The molecule has 0 aromatic heterocycles. The van der Waals surface area contributed by atoms with Crippen LogP contribution in [0.1, 0.15) is 81.3 Å². The number of amides is 1. The Balaban J connectivity index is 2.63. The summed E-state index contributed by atoms with van der Waals surface area (Å²) in [5.41, 5.74) is 2.03. The molecule has 0 fully saturated rings. The van der Waals surface area contributed by atoms with Crippen LogP contribution in [0.15, 0.2) is 18.2 Å². The van der Waals surface area contributed by atoms with Crippen LogP contribution in [0.25, 0.3) is 0 Å².